The largest absolute Gasteiger partial charge is 0.460 e. The Morgan fingerprint density at radius 3 is 2.94 bits per heavy atom. The molecule has 1 aromatic rings. The quantitative estimate of drug-likeness (QED) is 0.792. The standard InChI is InChI=1S/C12H15ClN2O2/c13-11-4-2-1-3-10(11)12(16)17-8-9-7-14-5-6-15-9/h1-4,9,14-15H,5-8H2/t9-/m1/s1. The molecule has 0 bridgehead atoms. The van der Waals surface area contributed by atoms with Crippen LogP contribution in [0, 0.1) is 0 Å². The molecule has 92 valence electrons. The van der Waals surface area contributed by atoms with Crippen molar-refractivity contribution in [1.82, 2.24) is 10.6 Å². The third-order valence-electron chi connectivity index (χ3n) is 2.63. The maximum atomic E-state index is 11.8. The van der Waals surface area contributed by atoms with E-state index in [9.17, 15) is 4.79 Å². The van der Waals surface area contributed by atoms with Crippen LogP contribution in [0.3, 0.4) is 0 Å². The Hall–Kier alpha value is -1.10. The minimum absolute atomic E-state index is 0.176. The summed E-state index contributed by atoms with van der Waals surface area (Å²) < 4.78 is 5.22. The zero-order valence-electron chi connectivity index (χ0n) is 9.41. The lowest BCUT2D eigenvalue weighted by Crippen LogP contribution is -2.50. The van der Waals surface area contributed by atoms with Gasteiger partial charge in [0.25, 0.3) is 0 Å². The maximum Gasteiger partial charge on any atom is 0.339 e. The van der Waals surface area contributed by atoms with Gasteiger partial charge in [0, 0.05) is 19.6 Å². The minimum Gasteiger partial charge on any atom is -0.460 e. The highest BCUT2D eigenvalue weighted by atomic mass is 35.5. The first kappa shape index (κ1) is 12.4. The normalized spacial score (nSPS) is 19.9. The van der Waals surface area contributed by atoms with Gasteiger partial charge >= 0.3 is 5.97 Å². The molecule has 0 aliphatic carbocycles. The number of rotatable bonds is 3. The van der Waals surface area contributed by atoms with Crippen molar-refractivity contribution in [2.45, 2.75) is 6.04 Å². The van der Waals surface area contributed by atoms with Crippen molar-refractivity contribution in [2.75, 3.05) is 26.2 Å². The summed E-state index contributed by atoms with van der Waals surface area (Å²) in [6, 6.07) is 7.07. The molecule has 1 atom stereocenters. The molecule has 1 aliphatic heterocycles. The highest BCUT2D eigenvalue weighted by molar-refractivity contribution is 6.33. The van der Waals surface area contributed by atoms with Crippen LogP contribution < -0.4 is 10.6 Å². The molecule has 0 spiro atoms. The molecule has 0 aromatic heterocycles. The Labute approximate surface area is 105 Å². The Kier molecular flexibility index (Phi) is 4.36. The van der Waals surface area contributed by atoms with Gasteiger partial charge in [0.2, 0.25) is 0 Å². The molecule has 1 saturated heterocycles. The SMILES string of the molecule is O=C(OC[C@H]1CNCCN1)c1ccccc1Cl. The number of nitrogens with one attached hydrogen (secondary N) is 2. The Morgan fingerprint density at radius 1 is 1.41 bits per heavy atom. The molecule has 0 saturated carbocycles. The third-order valence-corrected chi connectivity index (χ3v) is 2.96. The fourth-order valence-corrected chi connectivity index (χ4v) is 1.92. The summed E-state index contributed by atoms with van der Waals surface area (Å²) in [7, 11) is 0. The Balaban J connectivity index is 1.87. The molecule has 1 heterocycles. The average Bonchev–Trinajstić information content (AvgIpc) is 2.38. The Morgan fingerprint density at radius 2 is 2.24 bits per heavy atom. The van der Waals surface area contributed by atoms with Crippen LogP contribution in [0.4, 0.5) is 0 Å². The zero-order valence-corrected chi connectivity index (χ0v) is 10.2. The molecular weight excluding hydrogens is 240 g/mol. The summed E-state index contributed by atoms with van der Waals surface area (Å²) in [6.45, 7) is 3.02. The van der Waals surface area contributed by atoms with Gasteiger partial charge in [-0.15, -0.1) is 0 Å². The van der Waals surface area contributed by atoms with Crippen LogP contribution in [-0.4, -0.2) is 38.3 Å². The Bertz CT molecular complexity index is 392. The summed E-state index contributed by atoms with van der Waals surface area (Å²) in [5.74, 6) is -0.372. The molecule has 17 heavy (non-hydrogen) atoms. The maximum absolute atomic E-state index is 11.8. The first-order chi connectivity index (χ1) is 8.27. The number of carbonyl (C=O) groups is 1. The van der Waals surface area contributed by atoms with Crippen molar-refractivity contribution in [2.24, 2.45) is 0 Å². The van der Waals surface area contributed by atoms with E-state index in [0.717, 1.165) is 19.6 Å². The van der Waals surface area contributed by atoms with Gasteiger partial charge in [0.15, 0.2) is 0 Å². The van der Waals surface area contributed by atoms with Crippen molar-refractivity contribution >= 4 is 17.6 Å². The number of hydrogen-bond acceptors (Lipinski definition) is 4. The zero-order chi connectivity index (χ0) is 12.1. The van der Waals surface area contributed by atoms with E-state index in [1.54, 1.807) is 24.3 Å². The van der Waals surface area contributed by atoms with Crippen LogP contribution in [-0.2, 0) is 4.74 Å². The predicted octanol–water partition coefficient (Wildman–Crippen LogP) is 1.06. The van der Waals surface area contributed by atoms with Gasteiger partial charge in [0.1, 0.15) is 6.61 Å². The molecule has 0 amide bonds. The van der Waals surface area contributed by atoms with Gasteiger partial charge in [-0.3, -0.25) is 0 Å². The second-order valence-corrected chi connectivity index (χ2v) is 4.34. The highest BCUT2D eigenvalue weighted by Crippen LogP contribution is 2.15. The molecule has 1 fully saturated rings. The molecule has 2 N–H and O–H groups in total. The van der Waals surface area contributed by atoms with Crippen LogP contribution in [0.1, 0.15) is 10.4 Å². The van der Waals surface area contributed by atoms with Crippen molar-refractivity contribution in [3.05, 3.63) is 34.9 Å². The molecule has 0 radical (unpaired) electrons. The van der Waals surface area contributed by atoms with Crippen LogP contribution in [0.2, 0.25) is 5.02 Å². The smallest absolute Gasteiger partial charge is 0.339 e. The van der Waals surface area contributed by atoms with Gasteiger partial charge < -0.3 is 15.4 Å². The van der Waals surface area contributed by atoms with Gasteiger partial charge in [-0.05, 0) is 12.1 Å². The van der Waals surface area contributed by atoms with E-state index in [0.29, 0.717) is 17.2 Å². The number of ether oxygens (including phenoxy) is 1. The fourth-order valence-electron chi connectivity index (χ4n) is 1.71. The summed E-state index contributed by atoms with van der Waals surface area (Å²) in [5.41, 5.74) is 0.415. The summed E-state index contributed by atoms with van der Waals surface area (Å²) in [5, 5.41) is 6.92. The van der Waals surface area contributed by atoms with E-state index in [-0.39, 0.29) is 12.0 Å². The molecule has 0 unspecified atom stereocenters. The van der Waals surface area contributed by atoms with E-state index in [1.165, 1.54) is 0 Å². The van der Waals surface area contributed by atoms with Gasteiger partial charge in [-0.25, -0.2) is 4.79 Å². The van der Waals surface area contributed by atoms with E-state index >= 15 is 0 Å². The van der Waals surface area contributed by atoms with Crippen LogP contribution in [0.25, 0.3) is 0 Å². The van der Waals surface area contributed by atoms with Crippen LogP contribution >= 0.6 is 11.6 Å². The van der Waals surface area contributed by atoms with Crippen molar-refractivity contribution in [3.63, 3.8) is 0 Å². The second kappa shape index (κ2) is 6.00. The number of esters is 1. The summed E-state index contributed by atoms with van der Waals surface area (Å²) >= 11 is 5.91. The molecule has 2 rings (SSSR count). The van der Waals surface area contributed by atoms with E-state index in [4.69, 9.17) is 16.3 Å². The third kappa shape index (κ3) is 3.43. The predicted molar refractivity (Wildman–Crippen MR) is 66.4 cm³/mol. The average molecular weight is 255 g/mol. The van der Waals surface area contributed by atoms with Gasteiger partial charge in [-0.2, -0.15) is 0 Å². The van der Waals surface area contributed by atoms with Crippen LogP contribution in [0.15, 0.2) is 24.3 Å². The summed E-state index contributed by atoms with van der Waals surface area (Å²) in [6.07, 6.45) is 0. The molecule has 4 nitrogen and oxygen atoms in total. The second-order valence-electron chi connectivity index (χ2n) is 3.93. The summed E-state index contributed by atoms with van der Waals surface area (Å²) in [4.78, 5) is 11.8. The van der Waals surface area contributed by atoms with Crippen molar-refractivity contribution in [1.29, 1.82) is 0 Å². The van der Waals surface area contributed by atoms with Crippen LogP contribution in [0.5, 0.6) is 0 Å². The number of piperazine rings is 1. The number of halogens is 1. The van der Waals surface area contributed by atoms with E-state index in [1.807, 2.05) is 0 Å². The molecule has 1 aromatic carbocycles. The molecule has 1 aliphatic rings. The lowest BCUT2D eigenvalue weighted by Gasteiger charge is -2.24. The topological polar surface area (TPSA) is 50.4 Å². The van der Waals surface area contributed by atoms with Crippen molar-refractivity contribution < 1.29 is 9.53 Å². The van der Waals surface area contributed by atoms with Gasteiger partial charge in [-0.1, -0.05) is 23.7 Å². The number of carbonyl (C=O) groups excluding carboxylic acids is 1. The highest BCUT2D eigenvalue weighted by Gasteiger charge is 2.16. The lowest BCUT2D eigenvalue weighted by molar-refractivity contribution is 0.0458. The van der Waals surface area contributed by atoms with E-state index < -0.39 is 0 Å². The molecule has 5 heteroatoms. The number of hydrogen-bond donors (Lipinski definition) is 2. The monoisotopic (exact) mass is 254 g/mol. The minimum atomic E-state index is -0.372. The first-order valence-electron chi connectivity index (χ1n) is 5.63. The first-order valence-corrected chi connectivity index (χ1v) is 6.01. The lowest BCUT2D eigenvalue weighted by atomic mass is 10.2. The fraction of sp³-hybridized carbons (Fsp3) is 0.417. The number of benzene rings is 1. The van der Waals surface area contributed by atoms with Gasteiger partial charge in [0.05, 0.1) is 16.6 Å². The molecular formula is C12H15ClN2O2. The van der Waals surface area contributed by atoms with E-state index in [2.05, 4.69) is 10.6 Å². The van der Waals surface area contributed by atoms with Crippen molar-refractivity contribution in [3.8, 4) is 0 Å².